The molecule has 0 bridgehead atoms. The molecule has 0 radical (unpaired) electrons. The van der Waals surface area contributed by atoms with Crippen LogP contribution in [0.5, 0.6) is 0 Å². The fourth-order valence-corrected chi connectivity index (χ4v) is 2.14. The van der Waals surface area contributed by atoms with E-state index in [1.165, 1.54) is 17.1 Å². The molecule has 4 atom stereocenters. The van der Waals surface area contributed by atoms with Crippen LogP contribution in [0, 0.1) is 0 Å². The molecule has 0 aromatic carbocycles. The van der Waals surface area contributed by atoms with Crippen molar-refractivity contribution in [2.24, 2.45) is 0 Å². The van der Waals surface area contributed by atoms with Crippen molar-refractivity contribution in [1.82, 2.24) is 9.55 Å². The van der Waals surface area contributed by atoms with Gasteiger partial charge in [-0.15, -0.1) is 0 Å². The average Bonchev–Trinajstić information content (AvgIpc) is 2.83. The minimum Gasteiger partial charge on any atom is -0.387 e. The van der Waals surface area contributed by atoms with Crippen LogP contribution < -0.4 is 5.73 Å². The fourth-order valence-electron chi connectivity index (χ4n) is 1.79. The Morgan fingerprint density at radius 1 is 1.47 bits per heavy atom. The second kappa shape index (κ2) is 5.17. The number of hydrogen-bond donors (Lipinski definition) is 5. The van der Waals surface area contributed by atoms with Gasteiger partial charge in [0, 0.05) is 0 Å². The van der Waals surface area contributed by atoms with E-state index in [4.69, 9.17) is 20.3 Å². The van der Waals surface area contributed by atoms with Crippen LogP contribution >= 0.6 is 7.82 Å². The summed E-state index contributed by atoms with van der Waals surface area (Å²) in [6.07, 6.45) is -2.12. The summed E-state index contributed by atoms with van der Waals surface area (Å²) in [6, 6.07) is 0. The topological polar surface area (TPSA) is 160 Å². The number of ether oxygens (including phenoxy) is 1. The molecule has 1 unspecified atom stereocenters. The van der Waals surface area contributed by atoms with Crippen LogP contribution in [0.15, 0.2) is 12.5 Å². The molecule has 1 aliphatic heterocycles. The summed E-state index contributed by atoms with van der Waals surface area (Å²) >= 11 is 0. The van der Waals surface area contributed by atoms with E-state index < -0.39 is 39.0 Å². The van der Waals surface area contributed by atoms with Crippen LogP contribution in [0.3, 0.4) is 0 Å². The van der Waals surface area contributed by atoms with Crippen molar-refractivity contribution in [2.75, 3.05) is 12.3 Å². The molecule has 0 amide bonds. The molecule has 2 rings (SSSR count). The number of imidazole rings is 1. The van der Waals surface area contributed by atoms with Crippen LogP contribution in [-0.4, -0.2) is 54.5 Å². The van der Waals surface area contributed by atoms with Crippen molar-refractivity contribution < 1.29 is 33.8 Å². The van der Waals surface area contributed by atoms with Gasteiger partial charge in [0.15, 0.2) is 6.23 Å². The molecular weight excluding hydrogens is 281 g/mol. The lowest BCUT2D eigenvalue weighted by Crippen LogP contribution is -2.33. The van der Waals surface area contributed by atoms with Gasteiger partial charge in [0.1, 0.15) is 24.1 Å². The van der Waals surface area contributed by atoms with Gasteiger partial charge in [-0.05, 0) is 0 Å². The first kappa shape index (κ1) is 14.4. The van der Waals surface area contributed by atoms with Crippen LogP contribution in [-0.2, 0) is 13.8 Å². The van der Waals surface area contributed by atoms with Gasteiger partial charge in [0.25, 0.3) is 0 Å². The second-order valence-electron chi connectivity index (χ2n) is 4.06. The van der Waals surface area contributed by atoms with E-state index in [0.29, 0.717) is 0 Å². The lowest BCUT2D eigenvalue weighted by Gasteiger charge is -2.17. The standard InChI is InChI=1S/C8H14N3O7P/c9-5-1-10-3-11(5)8-7(13)6(12)4(18-8)2-17-19(14,15)16/h1,3-4,6-8,12-13H,2,9H2,(H2,14,15,16)/t4-,6?,7+,8-/m1/s1. The van der Waals surface area contributed by atoms with E-state index in [1.54, 1.807) is 0 Å². The average molecular weight is 295 g/mol. The number of aliphatic hydroxyl groups excluding tert-OH is 2. The second-order valence-corrected chi connectivity index (χ2v) is 5.30. The molecule has 10 nitrogen and oxygen atoms in total. The Bertz CT molecular complexity index is 488. The molecule has 1 fully saturated rings. The molecule has 11 heteroatoms. The molecule has 1 aromatic rings. The summed E-state index contributed by atoms with van der Waals surface area (Å²) in [4.78, 5) is 20.9. The van der Waals surface area contributed by atoms with Crippen LogP contribution in [0.2, 0.25) is 0 Å². The SMILES string of the molecule is Nc1cncn1[C@@H]1O[C@H](COP(=O)(O)O)C(O)[C@@H]1O. The van der Waals surface area contributed by atoms with Gasteiger partial charge >= 0.3 is 7.82 Å². The Labute approximate surface area is 107 Å². The number of rotatable bonds is 4. The van der Waals surface area contributed by atoms with Gasteiger partial charge in [0.2, 0.25) is 0 Å². The summed E-state index contributed by atoms with van der Waals surface area (Å²) in [5.74, 6) is 0.216. The highest BCUT2D eigenvalue weighted by Gasteiger charge is 2.44. The van der Waals surface area contributed by atoms with Crippen LogP contribution in [0.1, 0.15) is 6.23 Å². The van der Waals surface area contributed by atoms with Crippen molar-refractivity contribution in [3.63, 3.8) is 0 Å². The Hall–Kier alpha value is -1.00. The minimum atomic E-state index is -4.67. The van der Waals surface area contributed by atoms with Gasteiger partial charge in [-0.3, -0.25) is 9.09 Å². The van der Waals surface area contributed by atoms with E-state index in [9.17, 15) is 14.8 Å². The zero-order valence-corrected chi connectivity index (χ0v) is 10.5. The highest BCUT2D eigenvalue weighted by Crippen LogP contribution is 2.38. The van der Waals surface area contributed by atoms with Crippen LogP contribution in [0.4, 0.5) is 5.82 Å². The Morgan fingerprint density at radius 2 is 2.16 bits per heavy atom. The summed E-state index contributed by atoms with van der Waals surface area (Å²) in [5, 5.41) is 19.6. The third-order valence-corrected chi connectivity index (χ3v) is 3.20. The number of aliphatic hydroxyl groups is 2. The molecule has 19 heavy (non-hydrogen) atoms. The molecule has 108 valence electrons. The highest BCUT2D eigenvalue weighted by molar-refractivity contribution is 7.46. The number of hydrogen-bond acceptors (Lipinski definition) is 7. The van der Waals surface area contributed by atoms with E-state index in [-0.39, 0.29) is 5.82 Å². The lowest BCUT2D eigenvalue weighted by atomic mass is 10.1. The normalized spacial score (nSPS) is 31.8. The summed E-state index contributed by atoms with van der Waals surface area (Å²) in [5.41, 5.74) is 5.59. The first-order chi connectivity index (χ1) is 8.79. The number of nitrogens with two attached hydrogens (primary N) is 1. The Balaban J connectivity index is 2.07. The van der Waals surface area contributed by atoms with E-state index in [2.05, 4.69) is 9.51 Å². The molecule has 2 heterocycles. The summed E-state index contributed by atoms with van der Waals surface area (Å²) in [7, 11) is -4.67. The number of phosphoric ester groups is 1. The first-order valence-electron chi connectivity index (χ1n) is 5.28. The van der Waals surface area contributed by atoms with E-state index in [0.717, 1.165) is 0 Å². The molecule has 0 saturated carbocycles. The van der Waals surface area contributed by atoms with Crippen LogP contribution in [0.25, 0.3) is 0 Å². The summed E-state index contributed by atoms with van der Waals surface area (Å²) in [6.45, 7) is -0.562. The minimum absolute atomic E-state index is 0.216. The molecule has 1 aliphatic rings. The third-order valence-electron chi connectivity index (χ3n) is 2.71. The highest BCUT2D eigenvalue weighted by atomic mass is 31.2. The molecule has 0 aliphatic carbocycles. The summed E-state index contributed by atoms with van der Waals surface area (Å²) < 4.78 is 21.4. The molecule has 1 aromatic heterocycles. The van der Waals surface area contributed by atoms with Gasteiger partial charge in [-0.1, -0.05) is 0 Å². The Kier molecular flexibility index (Phi) is 3.92. The number of nitrogen functional groups attached to an aromatic ring is 1. The fraction of sp³-hybridized carbons (Fsp3) is 0.625. The molecule has 0 spiro atoms. The van der Waals surface area contributed by atoms with Gasteiger partial charge < -0.3 is 30.5 Å². The predicted molar refractivity (Wildman–Crippen MR) is 60.6 cm³/mol. The maximum atomic E-state index is 10.6. The number of aromatic nitrogens is 2. The molecule has 6 N–H and O–H groups in total. The number of phosphoric acid groups is 1. The monoisotopic (exact) mass is 295 g/mol. The first-order valence-corrected chi connectivity index (χ1v) is 6.81. The van der Waals surface area contributed by atoms with Gasteiger partial charge in [-0.25, -0.2) is 9.55 Å². The van der Waals surface area contributed by atoms with Crippen molar-refractivity contribution in [3.8, 4) is 0 Å². The molecular formula is C8H14N3O7P. The van der Waals surface area contributed by atoms with Crippen molar-refractivity contribution >= 4 is 13.6 Å². The smallest absolute Gasteiger partial charge is 0.387 e. The van der Waals surface area contributed by atoms with E-state index >= 15 is 0 Å². The number of anilines is 1. The quantitative estimate of drug-likeness (QED) is 0.403. The number of nitrogens with zero attached hydrogens (tertiary/aromatic N) is 2. The Morgan fingerprint density at radius 3 is 2.68 bits per heavy atom. The van der Waals surface area contributed by atoms with Crippen molar-refractivity contribution in [3.05, 3.63) is 12.5 Å². The third kappa shape index (κ3) is 3.12. The maximum Gasteiger partial charge on any atom is 0.469 e. The lowest BCUT2D eigenvalue weighted by molar-refractivity contribution is -0.0510. The zero-order chi connectivity index (χ0) is 14.2. The largest absolute Gasteiger partial charge is 0.469 e. The van der Waals surface area contributed by atoms with Crippen molar-refractivity contribution in [1.29, 1.82) is 0 Å². The van der Waals surface area contributed by atoms with E-state index in [1.807, 2.05) is 0 Å². The zero-order valence-electron chi connectivity index (χ0n) is 9.60. The van der Waals surface area contributed by atoms with Crippen molar-refractivity contribution in [2.45, 2.75) is 24.5 Å². The van der Waals surface area contributed by atoms with Gasteiger partial charge in [0.05, 0.1) is 19.1 Å². The van der Waals surface area contributed by atoms with Gasteiger partial charge in [-0.2, -0.15) is 0 Å². The predicted octanol–water partition coefficient (Wildman–Crippen LogP) is -1.81. The maximum absolute atomic E-state index is 10.6. The molecule has 1 saturated heterocycles.